The van der Waals surface area contributed by atoms with E-state index < -0.39 is 16.6 Å². The van der Waals surface area contributed by atoms with E-state index in [1.165, 1.54) is 17.0 Å². The summed E-state index contributed by atoms with van der Waals surface area (Å²) < 4.78 is 1.87. The number of nitrogens with zero attached hydrogens (tertiary/aromatic N) is 4. The standard InChI is InChI=1S/C20H22N4O4/c1-13-11-14(24(27)28)9-10-16(13)23-17-8-6-5-7-15(17)21-18(23)12-22(19(25)26)20(2,3)4/h5-11H,12H2,1-4H3,(H,25,26). The molecule has 0 fully saturated rings. The normalized spacial score (nSPS) is 11.6. The molecule has 0 aliphatic rings. The summed E-state index contributed by atoms with van der Waals surface area (Å²) in [6, 6.07) is 12.1. The molecule has 0 bridgehead atoms. The average Bonchev–Trinajstić information content (AvgIpc) is 2.96. The molecule has 2 aromatic carbocycles. The lowest BCUT2D eigenvalue weighted by molar-refractivity contribution is -0.384. The summed E-state index contributed by atoms with van der Waals surface area (Å²) in [4.78, 5) is 28.4. The topological polar surface area (TPSA) is 102 Å². The van der Waals surface area contributed by atoms with E-state index >= 15 is 0 Å². The highest BCUT2D eigenvalue weighted by molar-refractivity contribution is 5.79. The second kappa shape index (κ2) is 6.95. The van der Waals surface area contributed by atoms with Crippen LogP contribution >= 0.6 is 0 Å². The Morgan fingerprint density at radius 2 is 1.93 bits per heavy atom. The van der Waals surface area contributed by atoms with Crippen molar-refractivity contribution in [2.45, 2.75) is 39.8 Å². The summed E-state index contributed by atoms with van der Waals surface area (Å²) in [5.41, 5.74) is 2.38. The van der Waals surface area contributed by atoms with Crippen molar-refractivity contribution in [3.8, 4) is 5.69 Å². The van der Waals surface area contributed by atoms with E-state index in [4.69, 9.17) is 0 Å². The molecule has 1 N–H and O–H groups in total. The van der Waals surface area contributed by atoms with Crippen LogP contribution in [0.3, 0.4) is 0 Å². The zero-order valence-corrected chi connectivity index (χ0v) is 16.2. The molecule has 0 saturated carbocycles. The van der Waals surface area contributed by atoms with Crippen molar-refractivity contribution >= 4 is 22.8 Å². The van der Waals surface area contributed by atoms with Crippen molar-refractivity contribution in [2.75, 3.05) is 0 Å². The van der Waals surface area contributed by atoms with Crippen molar-refractivity contribution in [3.63, 3.8) is 0 Å². The summed E-state index contributed by atoms with van der Waals surface area (Å²) in [7, 11) is 0. The first-order chi connectivity index (χ1) is 13.1. The Hall–Kier alpha value is -3.42. The molecular weight excluding hydrogens is 360 g/mol. The lowest BCUT2D eigenvalue weighted by atomic mass is 10.1. The van der Waals surface area contributed by atoms with Gasteiger partial charge >= 0.3 is 6.09 Å². The summed E-state index contributed by atoms with van der Waals surface area (Å²) in [5.74, 6) is 0.551. The number of non-ortho nitro benzene ring substituents is 1. The Morgan fingerprint density at radius 1 is 1.25 bits per heavy atom. The third-order valence-corrected chi connectivity index (χ3v) is 4.60. The number of aryl methyl sites for hydroxylation is 1. The first-order valence-corrected chi connectivity index (χ1v) is 8.82. The van der Waals surface area contributed by atoms with Crippen LogP contribution < -0.4 is 0 Å². The van der Waals surface area contributed by atoms with Gasteiger partial charge in [-0.3, -0.25) is 19.6 Å². The molecular formula is C20H22N4O4. The maximum absolute atomic E-state index is 11.8. The first kappa shape index (κ1) is 19.3. The minimum atomic E-state index is -1.04. The summed E-state index contributed by atoms with van der Waals surface area (Å²) in [6.07, 6.45) is -1.04. The third-order valence-electron chi connectivity index (χ3n) is 4.60. The number of hydrogen-bond acceptors (Lipinski definition) is 4. The van der Waals surface area contributed by atoms with Gasteiger partial charge in [0.15, 0.2) is 0 Å². The van der Waals surface area contributed by atoms with Crippen molar-refractivity contribution < 1.29 is 14.8 Å². The second-order valence-electron chi connectivity index (χ2n) is 7.62. The zero-order chi connectivity index (χ0) is 20.6. The Balaban J connectivity index is 2.21. The van der Waals surface area contributed by atoms with Crippen LogP contribution in [-0.4, -0.2) is 36.1 Å². The van der Waals surface area contributed by atoms with Gasteiger partial charge in [-0.25, -0.2) is 9.78 Å². The molecule has 3 rings (SSSR count). The molecule has 0 aliphatic carbocycles. The number of rotatable bonds is 4. The van der Waals surface area contributed by atoms with Crippen molar-refractivity contribution in [2.24, 2.45) is 0 Å². The summed E-state index contributed by atoms with van der Waals surface area (Å²) in [5, 5.41) is 20.7. The van der Waals surface area contributed by atoms with Crippen LogP contribution in [-0.2, 0) is 6.54 Å². The molecule has 0 aliphatic heterocycles. The van der Waals surface area contributed by atoms with Crippen LogP contribution in [0.25, 0.3) is 16.7 Å². The predicted molar refractivity (Wildman–Crippen MR) is 106 cm³/mol. The van der Waals surface area contributed by atoms with E-state index in [9.17, 15) is 20.0 Å². The fourth-order valence-electron chi connectivity index (χ4n) is 3.19. The number of imidazole rings is 1. The minimum Gasteiger partial charge on any atom is -0.465 e. The molecule has 8 heteroatoms. The summed E-state index contributed by atoms with van der Waals surface area (Å²) >= 11 is 0. The van der Waals surface area contributed by atoms with Gasteiger partial charge in [0.05, 0.1) is 28.2 Å². The highest BCUT2D eigenvalue weighted by Crippen LogP contribution is 2.28. The quantitative estimate of drug-likeness (QED) is 0.528. The van der Waals surface area contributed by atoms with Crippen molar-refractivity contribution in [3.05, 3.63) is 64.0 Å². The molecule has 8 nitrogen and oxygen atoms in total. The van der Waals surface area contributed by atoms with Gasteiger partial charge < -0.3 is 5.11 Å². The van der Waals surface area contributed by atoms with Crippen molar-refractivity contribution in [1.82, 2.24) is 14.5 Å². The van der Waals surface area contributed by atoms with Gasteiger partial charge in [0.1, 0.15) is 5.82 Å². The van der Waals surface area contributed by atoms with Crippen LogP contribution in [0.4, 0.5) is 10.5 Å². The van der Waals surface area contributed by atoms with E-state index in [0.29, 0.717) is 11.4 Å². The Morgan fingerprint density at radius 3 is 2.50 bits per heavy atom. The Labute approximate surface area is 162 Å². The summed E-state index contributed by atoms with van der Waals surface area (Å²) in [6.45, 7) is 7.35. The van der Waals surface area contributed by atoms with Gasteiger partial charge in [-0.05, 0) is 51.5 Å². The lowest BCUT2D eigenvalue weighted by Gasteiger charge is -2.33. The molecule has 0 spiro atoms. The molecule has 0 atom stereocenters. The number of para-hydroxylation sites is 2. The van der Waals surface area contributed by atoms with Crippen LogP contribution in [0.2, 0.25) is 0 Å². The fourth-order valence-corrected chi connectivity index (χ4v) is 3.19. The third kappa shape index (κ3) is 3.53. The lowest BCUT2D eigenvalue weighted by Crippen LogP contribution is -2.44. The highest BCUT2D eigenvalue weighted by atomic mass is 16.6. The van der Waals surface area contributed by atoms with Gasteiger partial charge in [-0.2, -0.15) is 0 Å². The van der Waals surface area contributed by atoms with Crippen LogP contribution in [0.5, 0.6) is 0 Å². The molecule has 0 radical (unpaired) electrons. The van der Waals surface area contributed by atoms with Crippen LogP contribution in [0, 0.1) is 17.0 Å². The maximum Gasteiger partial charge on any atom is 0.408 e. The monoisotopic (exact) mass is 382 g/mol. The largest absolute Gasteiger partial charge is 0.465 e. The van der Waals surface area contributed by atoms with E-state index in [0.717, 1.165) is 16.7 Å². The molecule has 0 saturated heterocycles. The van der Waals surface area contributed by atoms with E-state index in [2.05, 4.69) is 4.98 Å². The number of carbonyl (C=O) groups is 1. The van der Waals surface area contributed by atoms with Gasteiger partial charge in [0.2, 0.25) is 0 Å². The number of fused-ring (bicyclic) bond motifs is 1. The molecule has 0 unspecified atom stereocenters. The zero-order valence-electron chi connectivity index (χ0n) is 16.2. The Bertz CT molecular complexity index is 1070. The molecule has 28 heavy (non-hydrogen) atoms. The van der Waals surface area contributed by atoms with E-state index in [-0.39, 0.29) is 12.2 Å². The maximum atomic E-state index is 11.8. The number of carboxylic acid groups (broad SMARTS) is 1. The molecule has 3 aromatic rings. The van der Waals surface area contributed by atoms with Crippen molar-refractivity contribution in [1.29, 1.82) is 0 Å². The number of hydrogen-bond donors (Lipinski definition) is 1. The predicted octanol–water partition coefficient (Wildman–Crippen LogP) is 4.52. The SMILES string of the molecule is Cc1cc([N+](=O)[O-])ccc1-n1c(CN(C(=O)O)C(C)(C)C)nc2ccccc21. The van der Waals surface area contributed by atoms with E-state index in [1.54, 1.807) is 13.0 Å². The number of amides is 1. The smallest absolute Gasteiger partial charge is 0.408 e. The van der Waals surface area contributed by atoms with Gasteiger partial charge in [0, 0.05) is 17.7 Å². The first-order valence-electron chi connectivity index (χ1n) is 8.82. The Kier molecular flexibility index (Phi) is 4.80. The van der Waals surface area contributed by atoms with Crippen LogP contribution in [0.15, 0.2) is 42.5 Å². The average molecular weight is 382 g/mol. The molecule has 1 heterocycles. The van der Waals surface area contributed by atoms with E-state index in [1.807, 2.05) is 49.6 Å². The number of nitro groups is 1. The fraction of sp³-hybridized carbons (Fsp3) is 0.300. The minimum absolute atomic E-state index is 0.00840. The van der Waals surface area contributed by atoms with Gasteiger partial charge in [-0.15, -0.1) is 0 Å². The van der Waals surface area contributed by atoms with Crippen LogP contribution in [0.1, 0.15) is 32.2 Å². The highest BCUT2D eigenvalue weighted by Gasteiger charge is 2.28. The molecule has 1 aromatic heterocycles. The molecule has 146 valence electrons. The number of aromatic nitrogens is 2. The number of nitro benzene ring substituents is 1. The second-order valence-corrected chi connectivity index (χ2v) is 7.62. The van der Waals surface area contributed by atoms with Gasteiger partial charge in [0.25, 0.3) is 5.69 Å². The number of benzene rings is 2. The van der Waals surface area contributed by atoms with Gasteiger partial charge in [-0.1, -0.05) is 12.1 Å². The molecule has 1 amide bonds.